The van der Waals surface area contributed by atoms with E-state index in [1.165, 1.54) is 0 Å². The number of pyridine rings is 1. The fourth-order valence-electron chi connectivity index (χ4n) is 2.88. The van der Waals surface area contributed by atoms with Gasteiger partial charge in [0.05, 0.1) is 17.9 Å². The van der Waals surface area contributed by atoms with Gasteiger partial charge in [0.15, 0.2) is 0 Å². The molecule has 0 spiro atoms. The predicted molar refractivity (Wildman–Crippen MR) is 82.4 cm³/mol. The standard InChI is InChI=1S/C17H18N2O3/c20-16(19-7-5-13(6-8-19)17(21)22)10-12-9-14-3-1-2-4-15(14)18-11-12/h1-4,9,11,13H,5-8,10H2,(H,21,22). The van der Waals surface area contributed by atoms with Crippen LogP contribution in [0.15, 0.2) is 36.5 Å². The van der Waals surface area contributed by atoms with E-state index >= 15 is 0 Å². The summed E-state index contributed by atoms with van der Waals surface area (Å²) < 4.78 is 0. The maximum atomic E-state index is 12.3. The molecule has 1 aliphatic heterocycles. The molecule has 1 aliphatic rings. The third-order valence-corrected chi connectivity index (χ3v) is 4.20. The van der Waals surface area contributed by atoms with Gasteiger partial charge in [-0.15, -0.1) is 0 Å². The molecule has 3 rings (SSSR count). The zero-order chi connectivity index (χ0) is 15.5. The molecule has 2 aromatic rings. The molecule has 0 radical (unpaired) electrons. The van der Waals surface area contributed by atoms with Crippen LogP contribution in [0.4, 0.5) is 0 Å². The second kappa shape index (κ2) is 6.13. The first kappa shape index (κ1) is 14.5. The molecule has 5 nitrogen and oxygen atoms in total. The maximum Gasteiger partial charge on any atom is 0.306 e. The average Bonchev–Trinajstić information content (AvgIpc) is 2.55. The summed E-state index contributed by atoms with van der Waals surface area (Å²) in [6.07, 6.45) is 3.13. The fraction of sp³-hybridized carbons (Fsp3) is 0.353. The van der Waals surface area contributed by atoms with Crippen molar-refractivity contribution >= 4 is 22.8 Å². The summed E-state index contributed by atoms with van der Waals surface area (Å²) in [6.45, 7) is 1.05. The number of nitrogens with zero attached hydrogens (tertiary/aromatic N) is 2. The Balaban J connectivity index is 1.65. The van der Waals surface area contributed by atoms with Gasteiger partial charge in [0.2, 0.25) is 5.91 Å². The quantitative estimate of drug-likeness (QED) is 0.942. The van der Waals surface area contributed by atoms with Crippen molar-refractivity contribution in [3.8, 4) is 0 Å². The van der Waals surface area contributed by atoms with Crippen molar-refractivity contribution < 1.29 is 14.7 Å². The number of hydrogen-bond acceptors (Lipinski definition) is 3. The van der Waals surface area contributed by atoms with Crippen LogP contribution in [0.1, 0.15) is 18.4 Å². The van der Waals surface area contributed by atoms with Gasteiger partial charge in [-0.05, 0) is 30.5 Å². The number of aliphatic carboxylic acids is 1. The van der Waals surface area contributed by atoms with Crippen LogP contribution in [0.5, 0.6) is 0 Å². The summed E-state index contributed by atoms with van der Waals surface area (Å²) in [6, 6.07) is 9.80. The Morgan fingerprint density at radius 1 is 1.23 bits per heavy atom. The summed E-state index contributed by atoms with van der Waals surface area (Å²) in [7, 11) is 0. The van der Waals surface area contributed by atoms with Crippen molar-refractivity contribution in [3.63, 3.8) is 0 Å². The number of piperidine rings is 1. The van der Waals surface area contributed by atoms with Gasteiger partial charge in [0, 0.05) is 24.7 Å². The molecule has 1 saturated heterocycles. The molecule has 0 atom stereocenters. The van der Waals surface area contributed by atoms with Crippen molar-refractivity contribution in [2.75, 3.05) is 13.1 Å². The zero-order valence-corrected chi connectivity index (χ0v) is 12.2. The minimum Gasteiger partial charge on any atom is -0.481 e. The van der Waals surface area contributed by atoms with Crippen LogP contribution in [-0.4, -0.2) is 40.0 Å². The van der Waals surface area contributed by atoms with Crippen molar-refractivity contribution in [1.29, 1.82) is 0 Å². The first-order chi connectivity index (χ1) is 10.6. The first-order valence-corrected chi connectivity index (χ1v) is 7.48. The number of carbonyl (C=O) groups excluding carboxylic acids is 1. The molecule has 1 aromatic heterocycles. The van der Waals surface area contributed by atoms with Gasteiger partial charge in [-0.3, -0.25) is 14.6 Å². The Morgan fingerprint density at radius 2 is 1.95 bits per heavy atom. The molecule has 1 aromatic carbocycles. The minimum atomic E-state index is -0.758. The third-order valence-electron chi connectivity index (χ3n) is 4.20. The molecule has 1 N–H and O–H groups in total. The second-order valence-corrected chi connectivity index (χ2v) is 5.71. The highest BCUT2D eigenvalue weighted by atomic mass is 16.4. The summed E-state index contributed by atoms with van der Waals surface area (Å²) in [5, 5.41) is 10.0. The molecule has 5 heteroatoms. The summed E-state index contributed by atoms with van der Waals surface area (Å²) >= 11 is 0. The number of fused-ring (bicyclic) bond motifs is 1. The predicted octanol–water partition coefficient (Wildman–Crippen LogP) is 2.10. The lowest BCUT2D eigenvalue weighted by atomic mass is 9.96. The maximum absolute atomic E-state index is 12.3. The van der Waals surface area contributed by atoms with Crippen LogP contribution in [0, 0.1) is 5.92 Å². The summed E-state index contributed by atoms with van der Waals surface area (Å²) in [5.74, 6) is -1.03. The van der Waals surface area contributed by atoms with Crippen molar-refractivity contribution in [3.05, 3.63) is 42.1 Å². The number of carbonyl (C=O) groups is 2. The smallest absolute Gasteiger partial charge is 0.306 e. The summed E-state index contributed by atoms with van der Waals surface area (Å²) in [5.41, 5.74) is 1.81. The van der Waals surface area contributed by atoms with E-state index in [2.05, 4.69) is 4.98 Å². The Labute approximate surface area is 128 Å². The van der Waals surface area contributed by atoms with E-state index in [0.717, 1.165) is 16.5 Å². The molecule has 0 aliphatic carbocycles. The molecule has 1 fully saturated rings. The van der Waals surface area contributed by atoms with E-state index in [1.807, 2.05) is 30.3 Å². The fourth-order valence-corrected chi connectivity index (χ4v) is 2.88. The molecule has 114 valence electrons. The van der Waals surface area contributed by atoms with Crippen LogP contribution in [0.3, 0.4) is 0 Å². The van der Waals surface area contributed by atoms with Crippen molar-refractivity contribution in [2.45, 2.75) is 19.3 Å². The average molecular weight is 298 g/mol. The lowest BCUT2D eigenvalue weighted by Crippen LogP contribution is -2.41. The first-order valence-electron chi connectivity index (χ1n) is 7.48. The van der Waals surface area contributed by atoms with Crippen LogP contribution in [-0.2, 0) is 16.0 Å². The third kappa shape index (κ3) is 3.08. The van der Waals surface area contributed by atoms with Gasteiger partial charge >= 0.3 is 5.97 Å². The molecule has 0 unspecified atom stereocenters. The monoisotopic (exact) mass is 298 g/mol. The van der Waals surface area contributed by atoms with Gasteiger partial charge in [-0.2, -0.15) is 0 Å². The van der Waals surface area contributed by atoms with E-state index in [9.17, 15) is 9.59 Å². The number of likely N-dealkylation sites (tertiary alicyclic amines) is 1. The second-order valence-electron chi connectivity index (χ2n) is 5.71. The summed E-state index contributed by atoms with van der Waals surface area (Å²) in [4.78, 5) is 29.4. The molecular formula is C17H18N2O3. The van der Waals surface area contributed by atoms with Crippen LogP contribution >= 0.6 is 0 Å². The Morgan fingerprint density at radius 3 is 2.68 bits per heavy atom. The molecule has 2 heterocycles. The van der Waals surface area contributed by atoms with Crippen molar-refractivity contribution in [1.82, 2.24) is 9.88 Å². The van der Waals surface area contributed by atoms with E-state index in [4.69, 9.17) is 5.11 Å². The number of carboxylic acid groups (broad SMARTS) is 1. The minimum absolute atomic E-state index is 0.0425. The van der Waals surface area contributed by atoms with Gasteiger partial charge in [0.1, 0.15) is 0 Å². The highest BCUT2D eigenvalue weighted by molar-refractivity contribution is 5.83. The number of carboxylic acids is 1. The van der Waals surface area contributed by atoms with E-state index in [-0.39, 0.29) is 11.8 Å². The topological polar surface area (TPSA) is 70.5 Å². The van der Waals surface area contributed by atoms with E-state index in [1.54, 1.807) is 11.1 Å². The molecule has 0 saturated carbocycles. The number of amides is 1. The number of hydrogen-bond donors (Lipinski definition) is 1. The largest absolute Gasteiger partial charge is 0.481 e. The number of benzene rings is 1. The van der Waals surface area contributed by atoms with Crippen LogP contribution in [0.2, 0.25) is 0 Å². The van der Waals surface area contributed by atoms with E-state index in [0.29, 0.717) is 32.4 Å². The lowest BCUT2D eigenvalue weighted by Gasteiger charge is -2.30. The van der Waals surface area contributed by atoms with Crippen molar-refractivity contribution in [2.24, 2.45) is 5.92 Å². The normalized spacial score (nSPS) is 15.9. The highest BCUT2D eigenvalue weighted by Crippen LogP contribution is 2.19. The number of aromatic nitrogens is 1. The van der Waals surface area contributed by atoms with Gasteiger partial charge in [-0.25, -0.2) is 0 Å². The Kier molecular flexibility index (Phi) is 4.04. The van der Waals surface area contributed by atoms with Crippen LogP contribution in [0.25, 0.3) is 10.9 Å². The molecular weight excluding hydrogens is 280 g/mol. The van der Waals surface area contributed by atoms with Gasteiger partial charge < -0.3 is 10.0 Å². The highest BCUT2D eigenvalue weighted by Gasteiger charge is 2.26. The lowest BCUT2D eigenvalue weighted by molar-refractivity contribution is -0.145. The Bertz CT molecular complexity index is 706. The molecule has 0 bridgehead atoms. The number of rotatable bonds is 3. The Hall–Kier alpha value is -2.43. The number of para-hydroxylation sites is 1. The van der Waals surface area contributed by atoms with Gasteiger partial charge in [0.25, 0.3) is 0 Å². The zero-order valence-electron chi connectivity index (χ0n) is 12.2. The van der Waals surface area contributed by atoms with E-state index < -0.39 is 5.97 Å². The molecule has 1 amide bonds. The molecule has 22 heavy (non-hydrogen) atoms. The SMILES string of the molecule is O=C(O)C1CCN(C(=O)Cc2cnc3ccccc3c2)CC1. The van der Waals surface area contributed by atoms with Gasteiger partial charge in [-0.1, -0.05) is 18.2 Å². The van der Waals surface area contributed by atoms with Crippen LogP contribution < -0.4 is 0 Å².